The van der Waals surface area contributed by atoms with E-state index in [1.807, 2.05) is 24.2 Å². The first-order valence-electron chi connectivity index (χ1n) is 8.41. The molecule has 0 spiro atoms. The maximum atomic E-state index is 5.95. The maximum Gasteiger partial charge on any atom is 0.487 e. The molecule has 0 unspecified atom stereocenters. The summed E-state index contributed by atoms with van der Waals surface area (Å²) in [7, 11) is -0.497. The Balaban J connectivity index is 1.81. The molecule has 0 aliphatic carbocycles. The summed E-state index contributed by atoms with van der Waals surface area (Å²) in [4.78, 5) is 0. The minimum atomic E-state index is -0.304. The summed E-state index contributed by atoms with van der Waals surface area (Å²) >= 11 is 0. The van der Waals surface area contributed by atoms with E-state index in [9.17, 15) is 0 Å². The van der Waals surface area contributed by atoms with Crippen molar-refractivity contribution in [2.45, 2.75) is 84.1 Å². The molecular formula is C17H30B2O4. The van der Waals surface area contributed by atoms with Gasteiger partial charge in [0, 0.05) is 6.32 Å². The molecule has 2 fully saturated rings. The van der Waals surface area contributed by atoms with Crippen molar-refractivity contribution in [3.8, 4) is 0 Å². The fourth-order valence-electron chi connectivity index (χ4n) is 2.45. The molecule has 23 heavy (non-hydrogen) atoms. The van der Waals surface area contributed by atoms with Crippen LogP contribution >= 0.6 is 0 Å². The van der Waals surface area contributed by atoms with Gasteiger partial charge in [0.2, 0.25) is 0 Å². The number of hydrogen-bond donors (Lipinski definition) is 0. The molecule has 6 heteroatoms. The lowest BCUT2D eigenvalue weighted by molar-refractivity contribution is 0.00578. The van der Waals surface area contributed by atoms with Gasteiger partial charge >= 0.3 is 14.2 Å². The standard InChI is InChI=1S/C17H30B2O4/c1-14(2)15(3,4)21-18(20-14)12-10-9-11-13-19-22-16(5,6)17(7,8)23-19/h9-12H,13H2,1-8H3/b11-9+,12-10+. The van der Waals surface area contributed by atoms with E-state index in [1.165, 1.54) is 0 Å². The van der Waals surface area contributed by atoms with Crippen LogP contribution in [-0.4, -0.2) is 36.6 Å². The van der Waals surface area contributed by atoms with Crippen LogP contribution in [-0.2, 0) is 18.6 Å². The average molecular weight is 320 g/mol. The van der Waals surface area contributed by atoms with E-state index >= 15 is 0 Å². The Bertz CT molecular complexity index is 463. The Labute approximate surface area is 141 Å². The van der Waals surface area contributed by atoms with Gasteiger partial charge in [0.1, 0.15) is 0 Å². The highest BCUT2D eigenvalue weighted by atomic mass is 16.7. The van der Waals surface area contributed by atoms with Crippen LogP contribution in [0.3, 0.4) is 0 Å². The molecule has 0 aromatic carbocycles. The van der Waals surface area contributed by atoms with Gasteiger partial charge in [0.05, 0.1) is 22.4 Å². The molecule has 2 aliphatic heterocycles. The van der Waals surface area contributed by atoms with Gasteiger partial charge < -0.3 is 18.6 Å². The number of hydrogen-bond acceptors (Lipinski definition) is 4. The van der Waals surface area contributed by atoms with Gasteiger partial charge in [-0.05, 0) is 55.4 Å². The Morgan fingerprint density at radius 3 is 1.57 bits per heavy atom. The monoisotopic (exact) mass is 320 g/mol. The molecule has 4 nitrogen and oxygen atoms in total. The van der Waals surface area contributed by atoms with Crippen LogP contribution in [0.5, 0.6) is 0 Å². The van der Waals surface area contributed by atoms with Crippen molar-refractivity contribution < 1.29 is 18.6 Å². The van der Waals surface area contributed by atoms with E-state index in [-0.39, 0.29) is 36.6 Å². The van der Waals surface area contributed by atoms with Gasteiger partial charge in [-0.15, -0.1) is 0 Å². The van der Waals surface area contributed by atoms with Crippen molar-refractivity contribution in [1.29, 1.82) is 0 Å². The first kappa shape index (κ1) is 18.8. The second-order valence-electron chi connectivity index (χ2n) is 8.36. The van der Waals surface area contributed by atoms with E-state index in [4.69, 9.17) is 18.6 Å². The van der Waals surface area contributed by atoms with Crippen LogP contribution in [0.25, 0.3) is 0 Å². The highest BCUT2D eigenvalue weighted by Gasteiger charge is 2.51. The second kappa shape index (κ2) is 6.07. The molecule has 0 amide bonds. The highest BCUT2D eigenvalue weighted by Crippen LogP contribution is 2.38. The van der Waals surface area contributed by atoms with E-state index in [0.29, 0.717) is 0 Å². The predicted octanol–water partition coefficient (Wildman–Crippen LogP) is 3.82. The summed E-state index contributed by atoms with van der Waals surface area (Å²) in [6.45, 7) is 16.5. The minimum absolute atomic E-state index is 0.193. The third-order valence-electron chi connectivity index (χ3n) is 5.42. The zero-order valence-electron chi connectivity index (χ0n) is 15.8. The lowest BCUT2D eigenvalue weighted by Crippen LogP contribution is -2.41. The van der Waals surface area contributed by atoms with E-state index in [0.717, 1.165) is 6.32 Å². The molecule has 0 aromatic heterocycles. The van der Waals surface area contributed by atoms with Gasteiger partial charge in [-0.2, -0.15) is 0 Å². The smallest absolute Gasteiger partial charge is 0.403 e. The van der Waals surface area contributed by atoms with Gasteiger partial charge in [-0.3, -0.25) is 0 Å². The van der Waals surface area contributed by atoms with Crippen molar-refractivity contribution in [2.75, 3.05) is 0 Å². The molecule has 0 atom stereocenters. The van der Waals surface area contributed by atoms with Crippen molar-refractivity contribution in [2.24, 2.45) is 0 Å². The van der Waals surface area contributed by atoms with Crippen LogP contribution in [0.1, 0.15) is 55.4 Å². The minimum Gasteiger partial charge on any atom is -0.403 e. The molecule has 2 heterocycles. The Morgan fingerprint density at radius 1 is 0.652 bits per heavy atom. The van der Waals surface area contributed by atoms with Crippen LogP contribution in [0.15, 0.2) is 24.2 Å². The fraction of sp³-hybridized carbons (Fsp3) is 0.765. The molecule has 0 radical (unpaired) electrons. The second-order valence-corrected chi connectivity index (χ2v) is 8.36. The van der Waals surface area contributed by atoms with Crippen LogP contribution in [0.2, 0.25) is 6.32 Å². The molecule has 2 aliphatic rings. The van der Waals surface area contributed by atoms with E-state index < -0.39 is 0 Å². The van der Waals surface area contributed by atoms with Gasteiger partial charge in [-0.25, -0.2) is 0 Å². The lowest BCUT2D eigenvalue weighted by Gasteiger charge is -2.32. The quantitative estimate of drug-likeness (QED) is 0.583. The van der Waals surface area contributed by atoms with E-state index in [1.54, 1.807) is 0 Å². The zero-order chi connectivity index (χ0) is 17.5. The molecule has 0 bridgehead atoms. The summed E-state index contributed by atoms with van der Waals surface area (Å²) in [6.07, 6.45) is 6.70. The first-order chi connectivity index (χ1) is 10.4. The molecule has 0 saturated carbocycles. The van der Waals surface area contributed by atoms with Crippen LogP contribution < -0.4 is 0 Å². The number of allylic oxidation sites excluding steroid dienone is 3. The predicted molar refractivity (Wildman–Crippen MR) is 95.3 cm³/mol. The van der Waals surface area contributed by atoms with Crippen molar-refractivity contribution >= 4 is 14.2 Å². The van der Waals surface area contributed by atoms with Crippen molar-refractivity contribution in [3.05, 3.63) is 24.2 Å². The first-order valence-corrected chi connectivity index (χ1v) is 8.41. The largest absolute Gasteiger partial charge is 0.487 e. The fourth-order valence-corrected chi connectivity index (χ4v) is 2.45. The molecule has 2 rings (SSSR count). The maximum absolute atomic E-state index is 5.95. The molecule has 0 N–H and O–H groups in total. The molecule has 2 saturated heterocycles. The highest BCUT2D eigenvalue weighted by molar-refractivity contribution is 6.51. The summed E-state index contributed by atoms with van der Waals surface area (Å²) in [6, 6.07) is 0. The van der Waals surface area contributed by atoms with Crippen molar-refractivity contribution in [1.82, 2.24) is 0 Å². The molecule has 128 valence electrons. The normalized spacial score (nSPS) is 28.3. The SMILES string of the molecule is CC1(C)OB(/C=C/C=C/CB2OC(C)(C)C(C)(C)O2)OC1(C)C. The summed E-state index contributed by atoms with van der Waals surface area (Å²) in [5, 5.41) is 0. The van der Waals surface area contributed by atoms with E-state index in [2.05, 4.69) is 55.4 Å². The Hall–Kier alpha value is -0.550. The topological polar surface area (TPSA) is 36.9 Å². The summed E-state index contributed by atoms with van der Waals surface area (Å²) in [5.41, 5.74) is -1.14. The van der Waals surface area contributed by atoms with Crippen molar-refractivity contribution in [3.63, 3.8) is 0 Å². The lowest BCUT2D eigenvalue weighted by atomic mass is 9.84. The van der Waals surface area contributed by atoms with Gasteiger partial charge in [-0.1, -0.05) is 24.2 Å². The Kier molecular flexibility index (Phi) is 4.96. The molecular weight excluding hydrogens is 290 g/mol. The van der Waals surface area contributed by atoms with Gasteiger partial charge in [0.25, 0.3) is 0 Å². The third kappa shape index (κ3) is 3.93. The molecule has 0 aromatic rings. The van der Waals surface area contributed by atoms with Crippen LogP contribution in [0.4, 0.5) is 0 Å². The Morgan fingerprint density at radius 2 is 1.09 bits per heavy atom. The summed E-state index contributed by atoms with van der Waals surface area (Å²) in [5.74, 6) is 1.93. The summed E-state index contributed by atoms with van der Waals surface area (Å²) < 4.78 is 23.7. The van der Waals surface area contributed by atoms with Crippen LogP contribution in [0, 0.1) is 0 Å². The zero-order valence-corrected chi connectivity index (χ0v) is 15.8. The third-order valence-corrected chi connectivity index (χ3v) is 5.42. The number of rotatable bonds is 4. The average Bonchev–Trinajstić information content (AvgIpc) is 2.67. The van der Waals surface area contributed by atoms with Gasteiger partial charge in [0.15, 0.2) is 0 Å².